The van der Waals surface area contributed by atoms with Crippen LogP contribution in [0.2, 0.25) is 5.02 Å². The molecule has 202 valence electrons. The van der Waals surface area contributed by atoms with Crippen LogP contribution in [0.25, 0.3) is 6.08 Å². The summed E-state index contributed by atoms with van der Waals surface area (Å²) in [5, 5.41) is 5.04. The number of hydrogen-bond donors (Lipinski definition) is 2. The van der Waals surface area contributed by atoms with Crippen LogP contribution in [0.5, 0.6) is 11.5 Å². The number of rotatable bonds is 9. The van der Waals surface area contributed by atoms with Crippen molar-refractivity contribution in [2.75, 3.05) is 26.1 Å². The van der Waals surface area contributed by atoms with Gasteiger partial charge in [-0.2, -0.15) is 0 Å². The molecule has 0 aliphatic carbocycles. The lowest BCUT2D eigenvalue weighted by atomic mass is 10.1. The third kappa shape index (κ3) is 6.36. The molecule has 0 radical (unpaired) electrons. The number of urea groups is 1. The number of carbonyl (C=O) groups is 4. The van der Waals surface area contributed by atoms with E-state index in [1.54, 1.807) is 0 Å². The minimum atomic E-state index is -0.690. The van der Waals surface area contributed by atoms with Gasteiger partial charge >= 0.3 is 12.0 Å². The van der Waals surface area contributed by atoms with Crippen LogP contribution in [-0.4, -0.2) is 49.5 Å². The molecule has 1 fully saturated rings. The molecule has 0 atom stereocenters. The van der Waals surface area contributed by atoms with Gasteiger partial charge in [0.2, 0.25) is 5.76 Å². The average molecular weight is 558 g/mol. The smallest absolute Gasteiger partial charge is 0.373 e. The number of hydrogen-bond acceptors (Lipinski definition) is 8. The van der Waals surface area contributed by atoms with Gasteiger partial charge in [0.25, 0.3) is 11.8 Å². The number of benzene rings is 2. The van der Waals surface area contributed by atoms with Crippen LogP contribution in [0.4, 0.5) is 14.9 Å². The Labute approximate surface area is 226 Å². The number of carbonyl (C=O) groups excluding carboxylic acids is 4. The van der Waals surface area contributed by atoms with Crippen molar-refractivity contribution < 1.29 is 42.2 Å². The number of nitrogens with one attached hydrogen (secondary N) is 2. The molecule has 0 bridgehead atoms. The molecule has 13 heteroatoms. The largest absolute Gasteiger partial charge is 0.493 e. The van der Waals surface area contributed by atoms with E-state index in [1.807, 2.05) is 0 Å². The van der Waals surface area contributed by atoms with Gasteiger partial charge in [-0.15, -0.1) is 0 Å². The zero-order chi connectivity index (χ0) is 28.1. The number of esters is 1. The van der Waals surface area contributed by atoms with Crippen LogP contribution in [0, 0.1) is 5.82 Å². The SMILES string of the molecule is COC(=O)c1ccc(CN2C(=O)N/C(=C\c3cc(Cl)c(OCC(=O)Nc4cccc(F)c4)c(OC)c3)C2=O)o1. The van der Waals surface area contributed by atoms with Crippen LogP contribution in [0.3, 0.4) is 0 Å². The van der Waals surface area contributed by atoms with E-state index in [-0.39, 0.29) is 46.0 Å². The molecule has 3 aromatic rings. The fourth-order valence-electron chi connectivity index (χ4n) is 3.58. The maximum atomic E-state index is 13.3. The van der Waals surface area contributed by atoms with Crippen molar-refractivity contribution >= 4 is 47.2 Å². The predicted molar refractivity (Wildman–Crippen MR) is 136 cm³/mol. The molecule has 11 nitrogen and oxygen atoms in total. The molecular weight excluding hydrogens is 537 g/mol. The quantitative estimate of drug-likeness (QED) is 0.229. The maximum Gasteiger partial charge on any atom is 0.373 e. The lowest BCUT2D eigenvalue weighted by Gasteiger charge is -2.13. The van der Waals surface area contributed by atoms with E-state index >= 15 is 0 Å². The second-order valence-electron chi connectivity index (χ2n) is 8.02. The third-order valence-electron chi connectivity index (χ3n) is 5.34. The molecule has 1 aliphatic heterocycles. The lowest BCUT2D eigenvalue weighted by molar-refractivity contribution is -0.123. The molecule has 0 unspecified atom stereocenters. The molecule has 0 saturated carbocycles. The highest BCUT2D eigenvalue weighted by Crippen LogP contribution is 2.37. The van der Waals surface area contributed by atoms with Crippen LogP contribution in [-0.2, 0) is 20.9 Å². The molecule has 1 aliphatic rings. The van der Waals surface area contributed by atoms with E-state index in [1.165, 1.54) is 62.8 Å². The average Bonchev–Trinajstić information content (AvgIpc) is 3.47. The first-order valence-electron chi connectivity index (χ1n) is 11.3. The summed E-state index contributed by atoms with van der Waals surface area (Å²) in [6.45, 7) is -0.658. The second kappa shape index (κ2) is 11.7. The van der Waals surface area contributed by atoms with E-state index in [0.29, 0.717) is 5.56 Å². The van der Waals surface area contributed by atoms with Gasteiger partial charge in [0, 0.05) is 5.69 Å². The molecule has 1 saturated heterocycles. The number of nitrogens with zero attached hydrogens (tertiary/aromatic N) is 1. The summed E-state index contributed by atoms with van der Waals surface area (Å²) < 4.78 is 34.1. The molecule has 39 heavy (non-hydrogen) atoms. The van der Waals surface area contributed by atoms with Gasteiger partial charge in [-0.1, -0.05) is 17.7 Å². The van der Waals surface area contributed by atoms with Gasteiger partial charge in [0.05, 0.1) is 25.8 Å². The van der Waals surface area contributed by atoms with Crippen LogP contribution >= 0.6 is 11.6 Å². The molecule has 2 aromatic carbocycles. The van der Waals surface area contributed by atoms with Crippen molar-refractivity contribution in [1.29, 1.82) is 0 Å². The van der Waals surface area contributed by atoms with Crippen LogP contribution in [0.15, 0.2) is 58.6 Å². The summed E-state index contributed by atoms with van der Waals surface area (Å²) >= 11 is 6.36. The van der Waals surface area contributed by atoms with Crippen molar-refractivity contribution in [2.24, 2.45) is 0 Å². The summed E-state index contributed by atoms with van der Waals surface area (Å²) in [6, 6.07) is 10.5. The Hall–Kier alpha value is -4.84. The molecular formula is C26H21ClFN3O8. The number of methoxy groups -OCH3 is 2. The highest BCUT2D eigenvalue weighted by Gasteiger charge is 2.34. The predicted octanol–water partition coefficient (Wildman–Crippen LogP) is 3.98. The highest BCUT2D eigenvalue weighted by atomic mass is 35.5. The Morgan fingerprint density at radius 1 is 1.15 bits per heavy atom. The van der Waals surface area contributed by atoms with Crippen LogP contribution < -0.4 is 20.1 Å². The van der Waals surface area contributed by atoms with Crippen molar-refractivity contribution in [3.05, 3.63) is 82.2 Å². The Kier molecular flexibility index (Phi) is 8.15. The summed E-state index contributed by atoms with van der Waals surface area (Å²) in [7, 11) is 2.56. The van der Waals surface area contributed by atoms with E-state index in [2.05, 4.69) is 15.4 Å². The Balaban J connectivity index is 1.45. The number of ether oxygens (including phenoxy) is 3. The number of anilines is 1. The summed E-state index contributed by atoms with van der Waals surface area (Å²) in [5.41, 5.74) is 0.614. The van der Waals surface area contributed by atoms with Crippen molar-refractivity contribution in [1.82, 2.24) is 10.2 Å². The minimum Gasteiger partial charge on any atom is -0.493 e. The fourth-order valence-corrected chi connectivity index (χ4v) is 3.85. The maximum absolute atomic E-state index is 13.3. The molecule has 4 rings (SSSR count). The van der Waals surface area contributed by atoms with Gasteiger partial charge in [-0.05, 0) is 54.1 Å². The monoisotopic (exact) mass is 557 g/mol. The van der Waals surface area contributed by atoms with Crippen LogP contribution in [0.1, 0.15) is 21.9 Å². The van der Waals surface area contributed by atoms with E-state index in [4.69, 9.17) is 25.5 Å². The Bertz CT molecular complexity index is 1490. The zero-order valence-electron chi connectivity index (χ0n) is 20.6. The Morgan fingerprint density at radius 2 is 1.95 bits per heavy atom. The first-order valence-corrected chi connectivity index (χ1v) is 11.6. The summed E-state index contributed by atoms with van der Waals surface area (Å²) in [6.07, 6.45) is 1.39. The van der Waals surface area contributed by atoms with Crippen molar-refractivity contribution in [3.8, 4) is 11.5 Å². The van der Waals surface area contributed by atoms with E-state index < -0.39 is 36.2 Å². The van der Waals surface area contributed by atoms with E-state index in [0.717, 1.165) is 11.0 Å². The minimum absolute atomic E-state index is 0.0407. The first-order chi connectivity index (χ1) is 18.7. The zero-order valence-corrected chi connectivity index (χ0v) is 21.3. The Morgan fingerprint density at radius 3 is 2.67 bits per heavy atom. The fraction of sp³-hybridized carbons (Fsp3) is 0.154. The number of imide groups is 1. The van der Waals surface area contributed by atoms with E-state index in [9.17, 15) is 23.6 Å². The molecule has 2 N–H and O–H groups in total. The molecule has 2 heterocycles. The van der Waals surface area contributed by atoms with Gasteiger partial charge in [0.1, 0.15) is 17.3 Å². The third-order valence-corrected chi connectivity index (χ3v) is 5.62. The number of halogens is 2. The lowest BCUT2D eigenvalue weighted by Crippen LogP contribution is -2.30. The standard InChI is InChI=1S/C26H21ClFN3O8/c1-36-21-10-14(8-18(27)23(21)38-13-22(32)29-16-5-3-4-15(28)11-16)9-19-24(33)31(26(35)30-19)12-17-6-7-20(39-17)25(34)37-2/h3-11H,12-13H2,1-2H3,(H,29,32)(H,30,35)/b19-9-. The molecule has 1 aromatic heterocycles. The first kappa shape index (κ1) is 27.2. The van der Waals surface area contributed by atoms with Gasteiger partial charge < -0.3 is 29.3 Å². The van der Waals surface area contributed by atoms with Gasteiger partial charge in [-0.3, -0.25) is 14.5 Å². The van der Waals surface area contributed by atoms with Crippen molar-refractivity contribution in [2.45, 2.75) is 6.54 Å². The summed E-state index contributed by atoms with van der Waals surface area (Å²) in [5.74, 6) is -2.02. The topological polar surface area (TPSA) is 136 Å². The number of amides is 4. The second-order valence-corrected chi connectivity index (χ2v) is 8.43. The molecule has 0 spiro atoms. The van der Waals surface area contributed by atoms with Gasteiger partial charge in [0.15, 0.2) is 18.1 Å². The van der Waals surface area contributed by atoms with Gasteiger partial charge in [-0.25, -0.2) is 14.0 Å². The summed E-state index contributed by atoms with van der Waals surface area (Å²) in [4.78, 5) is 50.0. The highest BCUT2D eigenvalue weighted by molar-refractivity contribution is 6.32. The van der Waals surface area contributed by atoms with Crippen molar-refractivity contribution in [3.63, 3.8) is 0 Å². The molecule has 4 amide bonds. The number of furan rings is 1. The normalized spacial score (nSPS) is 13.8.